The summed E-state index contributed by atoms with van der Waals surface area (Å²) < 4.78 is 39.2. The van der Waals surface area contributed by atoms with Crippen molar-refractivity contribution in [1.82, 2.24) is 9.62 Å². The zero-order valence-corrected chi connectivity index (χ0v) is 14.2. The Bertz CT molecular complexity index is 761. The van der Waals surface area contributed by atoms with Gasteiger partial charge in [0.05, 0.1) is 18.0 Å². The van der Waals surface area contributed by atoms with E-state index in [1.54, 1.807) is 6.92 Å². The van der Waals surface area contributed by atoms with E-state index in [0.29, 0.717) is 6.54 Å². The van der Waals surface area contributed by atoms with Crippen molar-refractivity contribution < 1.29 is 17.6 Å². The molecule has 5 nitrogen and oxygen atoms in total. The summed E-state index contributed by atoms with van der Waals surface area (Å²) in [5.74, 6) is -1.04. The van der Waals surface area contributed by atoms with E-state index < -0.39 is 21.7 Å². The second kappa shape index (κ2) is 7.67. The number of likely N-dealkylation sites (N-methyl/N-ethyl adjacent to an activating group) is 1. The lowest BCUT2D eigenvalue weighted by atomic mass is 10.4. The highest BCUT2D eigenvalue weighted by Gasteiger charge is 2.25. The molecule has 124 valence electrons. The topological polar surface area (TPSA) is 66.5 Å². The molecule has 8 heteroatoms. The van der Waals surface area contributed by atoms with E-state index in [0.717, 1.165) is 15.2 Å². The number of thiophene rings is 1. The smallest absolute Gasteiger partial charge is 0.243 e. The molecular formula is C15H17FN2O3S2. The molecular weight excluding hydrogens is 339 g/mol. The zero-order valence-electron chi connectivity index (χ0n) is 12.5. The molecule has 2 aromatic rings. The summed E-state index contributed by atoms with van der Waals surface area (Å²) in [7, 11) is -3.91. The Labute approximate surface area is 138 Å². The van der Waals surface area contributed by atoms with Gasteiger partial charge >= 0.3 is 0 Å². The fourth-order valence-electron chi connectivity index (χ4n) is 1.96. The van der Waals surface area contributed by atoms with Gasteiger partial charge in [-0.05, 0) is 29.6 Å². The van der Waals surface area contributed by atoms with Crippen LogP contribution in [0.4, 0.5) is 4.39 Å². The van der Waals surface area contributed by atoms with Gasteiger partial charge in [0.25, 0.3) is 0 Å². The van der Waals surface area contributed by atoms with E-state index >= 15 is 0 Å². The maximum Gasteiger partial charge on any atom is 0.243 e. The lowest BCUT2D eigenvalue weighted by Gasteiger charge is -2.20. The Balaban J connectivity index is 2.05. The van der Waals surface area contributed by atoms with E-state index in [4.69, 9.17) is 0 Å². The summed E-state index contributed by atoms with van der Waals surface area (Å²) in [6, 6.07) is 8.51. The summed E-state index contributed by atoms with van der Waals surface area (Å²) in [4.78, 5) is 12.8. The molecule has 0 spiro atoms. The average molecular weight is 356 g/mol. The molecule has 23 heavy (non-hydrogen) atoms. The molecule has 1 heterocycles. The minimum atomic E-state index is -3.91. The average Bonchev–Trinajstić information content (AvgIpc) is 3.04. The molecule has 0 aliphatic rings. The van der Waals surface area contributed by atoms with Crippen molar-refractivity contribution in [3.63, 3.8) is 0 Å². The number of halogens is 1. The molecule has 0 radical (unpaired) electrons. The van der Waals surface area contributed by atoms with Gasteiger partial charge in [0.15, 0.2) is 0 Å². The molecule has 0 atom stereocenters. The molecule has 0 saturated carbocycles. The maximum absolute atomic E-state index is 13.2. The molecule has 0 saturated heterocycles. The molecule has 1 aromatic heterocycles. The first-order chi connectivity index (χ1) is 10.9. The fourth-order valence-corrected chi connectivity index (χ4v) is 4.04. The van der Waals surface area contributed by atoms with Gasteiger partial charge in [0.2, 0.25) is 15.9 Å². The number of sulfonamides is 1. The molecule has 0 bridgehead atoms. The van der Waals surface area contributed by atoms with Gasteiger partial charge in [0.1, 0.15) is 5.82 Å². The molecule has 0 unspecified atom stereocenters. The zero-order chi connectivity index (χ0) is 16.9. The van der Waals surface area contributed by atoms with Crippen LogP contribution in [0.1, 0.15) is 11.8 Å². The first-order valence-electron chi connectivity index (χ1n) is 6.98. The Hall–Kier alpha value is -1.77. The Morgan fingerprint density at radius 1 is 1.30 bits per heavy atom. The number of carbonyl (C=O) groups is 1. The summed E-state index contributed by atoms with van der Waals surface area (Å²) >= 11 is 1.51. The van der Waals surface area contributed by atoms with Crippen LogP contribution in [0.25, 0.3) is 0 Å². The van der Waals surface area contributed by atoms with Crippen LogP contribution in [0.3, 0.4) is 0 Å². The van der Waals surface area contributed by atoms with Gasteiger partial charge < -0.3 is 5.32 Å². The number of benzene rings is 1. The van der Waals surface area contributed by atoms with E-state index in [2.05, 4.69) is 5.32 Å². The number of nitrogens with zero attached hydrogens (tertiary/aromatic N) is 1. The number of nitrogens with one attached hydrogen (secondary N) is 1. The lowest BCUT2D eigenvalue weighted by molar-refractivity contribution is -0.121. The van der Waals surface area contributed by atoms with Crippen LogP contribution in [0, 0.1) is 5.82 Å². The van der Waals surface area contributed by atoms with E-state index in [-0.39, 0.29) is 18.0 Å². The van der Waals surface area contributed by atoms with Crippen molar-refractivity contribution in [2.24, 2.45) is 0 Å². The van der Waals surface area contributed by atoms with Crippen LogP contribution >= 0.6 is 11.3 Å². The Morgan fingerprint density at radius 2 is 2.09 bits per heavy atom. The first kappa shape index (κ1) is 17.6. The summed E-state index contributed by atoms with van der Waals surface area (Å²) in [6.45, 7) is 1.80. The van der Waals surface area contributed by atoms with Gasteiger partial charge in [-0.2, -0.15) is 4.31 Å². The largest absolute Gasteiger partial charge is 0.350 e. The third kappa shape index (κ3) is 4.60. The van der Waals surface area contributed by atoms with Crippen LogP contribution in [-0.2, 0) is 21.4 Å². The van der Waals surface area contributed by atoms with E-state index in [1.807, 2.05) is 17.5 Å². The molecule has 1 amide bonds. The van der Waals surface area contributed by atoms with Crippen LogP contribution in [0.5, 0.6) is 0 Å². The Kier molecular flexibility index (Phi) is 5.86. The van der Waals surface area contributed by atoms with E-state index in [1.165, 1.54) is 29.5 Å². The van der Waals surface area contributed by atoms with Gasteiger partial charge in [0, 0.05) is 11.4 Å². The normalized spacial score (nSPS) is 11.6. The van der Waals surface area contributed by atoms with Crippen molar-refractivity contribution in [3.8, 4) is 0 Å². The lowest BCUT2D eigenvalue weighted by Crippen LogP contribution is -2.40. The van der Waals surface area contributed by atoms with Crippen molar-refractivity contribution in [2.45, 2.75) is 18.4 Å². The monoisotopic (exact) mass is 356 g/mol. The van der Waals surface area contributed by atoms with Crippen molar-refractivity contribution in [2.75, 3.05) is 13.1 Å². The minimum absolute atomic E-state index is 0.116. The van der Waals surface area contributed by atoms with Crippen LogP contribution < -0.4 is 5.32 Å². The standard InChI is InChI=1S/C15H17FN2O3S2/c1-2-18(11-15(19)17-10-13-6-4-8-22-13)23(20,21)14-7-3-5-12(16)9-14/h3-9H,2,10-11H2,1H3,(H,17,19). The van der Waals surface area contributed by atoms with Crippen LogP contribution in [-0.4, -0.2) is 31.7 Å². The maximum atomic E-state index is 13.2. The molecule has 0 aliphatic carbocycles. The Morgan fingerprint density at radius 3 is 2.70 bits per heavy atom. The highest BCUT2D eigenvalue weighted by atomic mass is 32.2. The van der Waals surface area contributed by atoms with Crippen molar-refractivity contribution >= 4 is 27.3 Å². The van der Waals surface area contributed by atoms with Gasteiger partial charge in [-0.25, -0.2) is 12.8 Å². The second-order valence-electron chi connectivity index (χ2n) is 4.74. The van der Waals surface area contributed by atoms with Crippen LogP contribution in [0.2, 0.25) is 0 Å². The highest BCUT2D eigenvalue weighted by molar-refractivity contribution is 7.89. The molecule has 0 fully saturated rings. The second-order valence-corrected chi connectivity index (χ2v) is 7.71. The summed E-state index contributed by atoms with van der Waals surface area (Å²) in [5, 5.41) is 4.57. The molecule has 1 aromatic carbocycles. The SMILES string of the molecule is CCN(CC(=O)NCc1cccs1)S(=O)(=O)c1cccc(F)c1. The first-order valence-corrected chi connectivity index (χ1v) is 9.30. The number of hydrogen-bond acceptors (Lipinski definition) is 4. The third-order valence-electron chi connectivity index (χ3n) is 3.15. The van der Waals surface area contributed by atoms with Crippen LogP contribution in [0.15, 0.2) is 46.7 Å². The van der Waals surface area contributed by atoms with E-state index in [9.17, 15) is 17.6 Å². The highest BCUT2D eigenvalue weighted by Crippen LogP contribution is 2.16. The van der Waals surface area contributed by atoms with Crippen molar-refractivity contribution in [3.05, 3.63) is 52.5 Å². The number of rotatable bonds is 7. The molecule has 0 aliphatic heterocycles. The van der Waals surface area contributed by atoms with Crippen molar-refractivity contribution in [1.29, 1.82) is 0 Å². The number of hydrogen-bond donors (Lipinski definition) is 1. The predicted molar refractivity (Wildman–Crippen MR) is 87.0 cm³/mol. The molecule has 2 rings (SSSR count). The number of carbonyl (C=O) groups excluding carboxylic acids is 1. The summed E-state index contributed by atoms with van der Waals surface area (Å²) in [6.07, 6.45) is 0. The predicted octanol–water partition coefficient (Wildman–Crippen LogP) is 2.21. The quantitative estimate of drug-likeness (QED) is 0.827. The van der Waals surface area contributed by atoms with Gasteiger partial charge in [-0.3, -0.25) is 4.79 Å². The fraction of sp³-hybridized carbons (Fsp3) is 0.267. The summed E-state index contributed by atoms with van der Waals surface area (Å²) in [5.41, 5.74) is 0. The number of amides is 1. The molecule has 1 N–H and O–H groups in total. The van der Waals surface area contributed by atoms with Gasteiger partial charge in [-0.1, -0.05) is 19.1 Å². The van der Waals surface area contributed by atoms with Gasteiger partial charge in [-0.15, -0.1) is 11.3 Å². The third-order valence-corrected chi connectivity index (χ3v) is 5.94. The minimum Gasteiger partial charge on any atom is -0.350 e.